The Bertz CT molecular complexity index is 971. The van der Waals surface area contributed by atoms with E-state index in [0.717, 1.165) is 6.07 Å². The number of aryl methyl sites for hydroxylation is 1. The van der Waals surface area contributed by atoms with E-state index in [9.17, 15) is 24.9 Å². The molecule has 8 heteroatoms. The number of benzene rings is 1. The number of hydrogen-bond donors (Lipinski definition) is 4. The molecule has 29 heavy (non-hydrogen) atoms. The number of carbonyl (C=O) groups is 2. The van der Waals surface area contributed by atoms with Gasteiger partial charge in [-0.15, -0.1) is 0 Å². The molecule has 2 aliphatic rings. The molecular formula is C21H20O8. The van der Waals surface area contributed by atoms with Crippen molar-refractivity contribution in [1.82, 2.24) is 0 Å². The number of aromatic hydroxyl groups is 2. The van der Waals surface area contributed by atoms with E-state index in [-0.39, 0.29) is 29.1 Å². The summed E-state index contributed by atoms with van der Waals surface area (Å²) in [6.07, 6.45) is 5.54. The molecule has 0 radical (unpaired) electrons. The number of hydrogen-bond acceptors (Lipinski definition) is 8. The third-order valence-corrected chi connectivity index (χ3v) is 4.65. The topological polar surface area (TPSA) is 134 Å². The average molecular weight is 400 g/mol. The Hall–Kier alpha value is -3.36. The summed E-state index contributed by atoms with van der Waals surface area (Å²) in [5, 5.41) is 39.1. The largest absolute Gasteiger partial charge is 0.508 e. The van der Waals surface area contributed by atoms with Crippen LogP contribution in [0.2, 0.25) is 0 Å². The summed E-state index contributed by atoms with van der Waals surface area (Å²) in [5.74, 6) is -2.01. The lowest BCUT2D eigenvalue weighted by molar-refractivity contribution is -0.140. The molecule has 1 heterocycles. The molecule has 0 aromatic heterocycles. The molecule has 8 nitrogen and oxygen atoms in total. The number of ketones is 1. The van der Waals surface area contributed by atoms with Gasteiger partial charge in [-0.2, -0.15) is 0 Å². The Morgan fingerprint density at radius 1 is 1.31 bits per heavy atom. The fourth-order valence-electron chi connectivity index (χ4n) is 3.14. The van der Waals surface area contributed by atoms with Crippen LogP contribution >= 0.6 is 0 Å². The van der Waals surface area contributed by atoms with Gasteiger partial charge in [-0.05, 0) is 49.3 Å². The number of ether oxygens (including phenoxy) is 2. The SMILES string of the molecule is Cc1cc(O)cc(O)c1C(=O)OC1C2=COC(C=CCO)=CC2=CC(=O)C1(C)O. The van der Waals surface area contributed by atoms with E-state index in [1.54, 1.807) is 0 Å². The van der Waals surface area contributed by atoms with Crippen LogP contribution in [-0.2, 0) is 14.3 Å². The second kappa shape index (κ2) is 7.57. The van der Waals surface area contributed by atoms with Crippen LogP contribution in [0.4, 0.5) is 0 Å². The van der Waals surface area contributed by atoms with Gasteiger partial charge in [0.2, 0.25) is 0 Å². The number of fused-ring (bicyclic) bond motifs is 1. The summed E-state index contributed by atoms with van der Waals surface area (Å²) in [5.41, 5.74) is -1.34. The Labute approximate surface area is 166 Å². The number of carbonyl (C=O) groups excluding carboxylic acids is 2. The van der Waals surface area contributed by atoms with Crippen molar-refractivity contribution in [1.29, 1.82) is 0 Å². The third-order valence-electron chi connectivity index (χ3n) is 4.65. The Morgan fingerprint density at radius 3 is 2.69 bits per heavy atom. The molecule has 0 fully saturated rings. The van der Waals surface area contributed by atoms with Crippen molar-refractivity contribution in [3.63, 3.8) is 0 Å². The average Bonchev–Trinajstić information content (AvgIpc) is 2.63. The van der Waals surface area contributed by atoms with Crippen LogP contribution in [0.25, 0.3) is 0 Å². The molecule has 2 unspecified atom stereocenters. The van der Waals surface area contributed by atoms with E-state index in [2.05, 4.69) is 0 Å². The Morgan fingerprint density at radius 2 is 2.03 bits per heavy atom. The van der Waals surface area contributed by atoms with Crippen LogP contribution in [0.15, 0.2) is 59.6 Å². The number of allylic oxidation sites excluding steroid dienone is 2. The van der Waals surface area contributed by atoms with Gasteiger partial charge in [-0.25, -0.2) is 4.79 Å². The first-order valence-corrected chi connectivity index (χ1v) is 8.73. The summed E-state index contributed by atoms with van der Waals surface area (Å²) in [6.45, 7) is 2.52. The quantitative estimate of drug-likeness (QED) is 0.559. The van der Waals surface area contributed by atoms with Crippen molar-refractivity contribution in [3.05, 3.63) is 70.7 Å². The number of phenolic OH excluding ortho intramolecular Hbond substituents is 2. The van der Waals surface area contributed by atoms with E-state index >= 15 is 0 Å². The van der Waals surface area contributed by atoms with Gasteiger partial charge in [-0.3, -0.25) is 4.79 Å². The molecule has 1 aliphatic carbocycles. The second-order valence-electron chi connectivity index (χ2n) is 6.88. The number of esters is 1. The highest BCUT2D eigenvalue weighted by atomic mass is 16.6. The predicted octanol–water partition coefficient (Wildman–Crippen LogP) is 1.54. The first-order valence-electron chi connectivity index (χ1n) is 8.73. The van der Waals surface area contributed by atoms with Gasteiger partial charge in [0.05, 0.1) is 12.9 Å². The number of aliphatic hydroxyl groups excluding tert-OH is 1. The van der Waals surface area contributed by atoms with Gasteiger partial charge < -0.3 is 29.9 Å². The van der Waals surface area contributed by atoms with Crippen LogP contribution in [-0.4, -0.2) is 50.5 Å². The lowest BCUT2D eigenvalue weighted by atomic mass is 9.79. The van der Waals surface area contributed by atoms with E-state index < -0.39 is 29.2 Å². The zero-order valence-electron chi connectivity index (χ0n) is 15.7. The lowest BCUT2D eigenvalue weighted by Crippen LogP contribution is -2.52. The van der Waals surface area contributed by atoms with Crippen molar-refractivity contribution < 1.29 is 39.5 Å². The molecule has 1 aromatic rings. The van der Waals surface area contributed by atoms with Crippen molar-refractivity contribution in [2.75, 3.05) is 6.61 Å². The maximum atomic E-state index is 12.7. The molecule has 0 amide bonds. The Kier molecular flexibility index (Phi) is 5.32. The van der Waals surface area contributed by atoms with Crippen LogP contribution in [0.5, 0.6) is 11.5 Å². The first kappa shape index (κ1) is 20.4. The van der Waals surface area contributed by atoms with Gasteiger partial charge >= 0.3 is 5.97 Å². The summed E-state index contributed by atoms with van der Waals surface area (Å²) in [4.78, 5) is 25.2. The minimum absolute atomic E-state index is 0.193. The summed E-state index contributed by atoms with van der Waals surface area (Å²) in [6, 6.07) is 2.27. The van der Waals surface area contributed by atoms with Gasteiger partial charge in [0.25, 0.3) is 0 Å². The fraction of sp³-hybridized carbons (Fsp3) is 0.238. The van der Waals surface area contributed by atoms with Crippen LogP contribution in [0, 0.1) is 6.92 Å². The maximum Gasteiger partial charge on any atom is 0.342 e. The molecule has 2 atom stereocenters. The third kappa shape index (κ3) is 3.80. The van der Waals surface area contributed by atoms with Gasteiger partial charge in [0.15, 0.2) is 17.5 Å². The summed E-state index contributed by atoms with van der Waals surface area (Å²) in [7, 11) is 0. The summed E-state index contributed by atoms with van der Waals surface area (Å²) < 4.78 is 10.8. The number of rotatable bonds is 4. The van der Waals surface area contributed by atoms with E-state index in [1.165, 1.54) is 50.5 Å². The Balaban J connectivity index is 1.96. The zero-order valence-corrected chi connectivity index (χ0v) is 15.7. The van der Waals surface area contributed by atoms with Crippen molar-refractivity contribution in [3.8, 4) is 11.5 Å². The van der Waals surface area contributed by atoms with Crippen LogP contribution < -0.4 is 0 Å². The minimum atomic E-state index is -2.05. The van der Waals surface area contributed by atoms with Gasteiger partial charge in [0, 0.05) is 11.6 Å². The van der Waals surface area contributed by atoms with Crippen molar-refractivity contribution in [2.24, 2.45) is 0 Å². The molecular weight excluding hydrogens is 380 g/mol. The smallest absolute Gasteiger partial charge is 0.342 e. The number of phenols is 2. The van der Waals surface area contributed by atoms with E-state index in [0.29, 0.717) is 11.3 Å². The van der Waals surface area contributed by atoms with Crippen LogP contribution in [0.1, 0.15) is 22.8 Å². The molecule has 0 bridgehead atoms. The number of aliphatic hydroxyl groups is 2. The molecule has 1 aliphatic heterocycles. The molecule has 0 saturated heterocycles. The minimum Gasteiger partial charge on any atom is -0.508 e. The lowest BCUT2D eigenvalue weighted by Gasteiger charge is -2.36. The van der Waals surface area contributed by atoms with Crippen molar-refractivity contribution in [2.45, 2.75) is 25.6 Å². The highest BCUT2D eigenvalue weighted by molar-refractivity contribution is 6.02. The predicted molar refractivity (Wildman–Crippen MR) is 101 cm³/mol. The monoisotopic (exact) mass is 400 g/mol. The standard InChI is InChI=1S/C21H20O8/c1-11-6-13(23)9-16(24)18(11)20(26)29-19-15-10-28-14(4-3-5-22)7-12(15)8-17(25)21(19,2)27/h3-4,6-10,19,22-24,27H,5H2,1-2H3. The normalized spacial score (nSPS) is 23.7. The van der Waals surface area contributed by atoms with Crippen molar-refractivity contribution >= 4 is 11.8 Å². The highest BCUT2D eigenvalue weighted by Crippen LogP contribution is 2.37. The maximum absolute atomic E-state index is 12.7. The second-order valence-corrected chi connectivity index (χ2v) is 6.88. The van der Waals surface area contributed by atoms with Gasteiger partial charge in [0.1, 0.15) is 22.8 Å². The summed E-state index contributed by atoms with van der Waals surface area (Å²) >= 11 is 0. The molecule has 1 aromatic carbocycles. The molecule has 0 saturated carbocycles. The zero-order chi connectivity index (χ0) is 21.3. The fourth-order valence-corrected chi connectivity index (χ4v) is 3.14. The molecule has 3 rings (SSSR count). The molecule has 152 valence electrons. The highest BCUT2D eigenvalue weighted by Gasteiger charge is 2.48. The van der Waals surface area contributed by atoms with Crippen LogP contribution in [0.3, 0.4) is 0 Å². The molecule has 4 N–H and O–H groups in total. The first-order chi connectivity index (χ1) is 13.6. The van der Waals surface area contributed by atoms with E-state index in [1.807, 2.05) is 0 Å². The molecule has 0 spiro atoms. The van der Waals surface area contributed by atoms with Gasteiger partial charge in [-0.1, -0.05) is 6.08 Å². The van der Waals surface area contributed by atoms with E-state index in [4.69, 9.17) is 14.6 Å².